The van der Waals surface area contributed by atoms with Gasteiger partial charge in [0.2, 0.25) is 0 Å². The molecule has 33 heavy (non-hydrogen) atoms. The number of esters is 1. The average molecular weight is 504 g/mol. The number of para-hydroxylation sites is 1. The van der Waals surface area contributed by atoms with Crippen LogP contribution in [0.1, 0.15) is 13.8 Å². The predicted molar refractivity (Wildman–Crippen MR) is 115 cm³/mol. The highest BCUT2D eigenvalue weighted by atomic mass is 32.2. The maximum atomic E-state index is 13.2. The zero-order valence-electron chi connectivity index (χ0n) is 17.9. The zero-order chi connectivity index (χ0) is 24.0. The second-order valence-electron chi connectivity index (χ2n) is 7.04. The molecule has 0 saturated carbocycles. The van der Waals surface area contributed by atoms with Gasteiger partial charge < -0.3 is 19.1 Å². The Morgan fingerprint density at radius 2 is 2.03 bits per heavy atom. The molecule has 12 nitrogen and oxygen atoms in total. The summed E-state index contributed by atoms with van der Waals surface area (Å²) in [5, 5.41) is 11.8. The Kier molecular flexibility index (Phi) is 8.63. The van der Waals surface area contributed by atoms with Crippen molar-refractivity contribution in [1.29, 1.82) is 0 Å². The molecule has 1 fully saturated rings. The molecule has 0 aliphatic carbocycles. The number of hydrogen-bond donors (Lipinski definition) is 2. The van der Waals surface area contributed by atoms with Crippen molar-refractivity contribution in [3.05, 3.63) is 41.9 Å². The number of carbonyl (C=O) groups is 2. The van der Waals surface area contributed by atoms with E-state index in [9.17, 15) is 23.5 Å². The van der Waals surface area contributed by atoms with Crippen LogP contribution in [0.3, 0.4) is 0 Å². The zero-order valence-corrected chi connectivity index (χ0v) is 19.6. The summed E-state index contributed by atoms with van der Waals surface area (Å²) in [6.07, 6.45) is -1.69. The minimum Gasteiger partial charge on any atom is -0.464 e. The van der Waals surface area contributed by atoms with Gasteiger partial charge in [-0.3, -0.25) is 18.7 Å². The number of benzene rings is 1. The molecule has 2 unspecified atom stereocenters. The highest BCUT2D eigenvalue weighted by Gasteiger charge is 2.46. The van der Waals surface area contributed by atoms with E-state index in [1.807, 2.05) is 0 Å². The maximum absolute atomic E-state index is 13.2. The van der Waals surface area contributed by atoms with Crippen molar-refractivity contribution in [2.75, 3.05) is 19.8 Å². The molecule has 1 aromatic carbocycles. The fraction of sp³-hybridized carbons (Fsp3) is 0.474. The Hall–Kier alpha value is -2.28. The Morgan fingerprint density at radius 1 is 1.30 bits per heavy atom. The van der Waals surface area contributed by atoms with E-state index in [-0.39, 0.29) is 12.4 Å². The molecule has 0 radical (unpaired) electrons. The number of amides is 2. The summed E-state index contributed by atoms with van der Waals surface area (Å²) < 4.78 is 53.2. The summed E-state index contributed by atoms with van der Waals surface area (Å²) >= 11 is 0. The Morgan fingerprint density at radius 3 is 2.70 bits per heavy atom. The van der Waals surface area contributed by atoms with Crippen molar-refractivity contribution < 1.29 is 46.5 Å². The van der Waals surface area contributed by atoms with Gasteiger partial charge in [0.1, 0.15) is 29.1 Å². The molecule has 2 amide bonds. The second-order valence-corrected chi connectivity index (χ2v) is 9.70. The molecule has 182 valence electrons. The van der Waals surface area contributed by atoms with Gasteiger partial charge in [-0.1, -0.05) is 25.1 Å². The van der Waals surface area contributed by atoms with Crippen molar-refractivity contribution in [2.45, 2.75) is 32.3 Å². The number of ether oxygens (including phenoxy) is 2. The lowest BCUT2D eigenvalue weighted by Gasteiger charge is -2.29. The summed E-state index contributed by atoms with van der Waals surface area (Å²) in [5.41, 5.74) is 0. The number of phosphoric ester groups is 1. The third-order valence-corrected chi connectivity index (χ3v) is 6.82. The first-order chi connectivity index (χ1) is 15.7. The van der Waals surface area contributed by atoms with Crippen molar-refractivity contribution in [1.82, 2.24) is 9.62 Å². The van der Waals surface area contributed by atoms with Crippen LogP contribution in [0.25, 0.3) is 0 Å². The molecule has 3 rings (SSSR count). The average Bonchev–Trinajstić information content (AvgIpc) is 3.06. The van der Waals surface area contributed by atoms with E-state index in [1.54, 1.807) is 32.0 Å². The topological polar surface area (TPSA) is 150 Å². The van der Waals surface area contributed by atoms with Crippen LogP contribution in [0.15, 0.2) is 41.9 Å². The molecule has 0 spiro atoms. The molecular formula is C19H25N2O10PS. The van der Waals surface area contributed by atoms with Gasteiger partial charge >= 0.3 is 19.8 Å². The molecule has 6 atom stereocenters. The minimum atomic E-state index is -4.33. The lowest BCUT2D eigenvalue weighted by atomic mass is 10.0. The van der Waals surface area contributed by atoms with Crippen molar-refractivity contribution in [3.8, 4) is 5.75 Å². The quantitative estimate of drug-likeness (QED) is 0.356. The Labute approximate surface area is 193 Å². The third-order valence-electron chi connectivity index (χ3n) is 4.73. The van der Waals surface area contributed by atoms with Gasteiger partial charge in [-0.2, -0.15) is 0 Å². The molecule has 0 aromatic heterocycles. The first-order valence-electron chi connectivity index (χ1n) is 10.0. The van der Waals surface area contributed by atoms with E-state index < -0.39 is 68.4 Å². The van der Waals surface area contributed by atoms with Crippen LogP contribution in [0, 0.1) is 5.92 Å². The van der Waals surface area contributed by atoms with E-state index in [0.717, 1.165) is 4.90 Å². The predicted octanol–water partition coefficient (Wildman–Crippen LogP) is 1.65. The van der Waals surface area contributed by atoms with Gasteiger partial charge in [-0.15, -0.1) is 0 Å². The number of hydrogen-bond acceptors (Lipinski definition) is 10. The third kappa shape index (κ3) is 6.62. The van der Waals surface area contributed by atoms with Gasteiger partial charge in [0.05, 0.1) is 19.3 Å². The fourth-order valence-electron chi connectivity index (χ4n) is 3.11. The van der Waals surface area contributed by atoms with Gasteiger partial charge in [0.15, 0.2) is 6.61 Å². The molecule has 1 saturated heterocycles. The first-order valence-corrected chi connectivity index (χ1v) is 12.7. The normalized spacial score (nSPS) is 28.8. The van der Waals surface area contributed by atoms with Gasteiger partial charge in [-0.25, -0.2) is 18.4 Å². The molecule has 2 heterocycles. The number of aliphatic hydroxyl groups is 1. The highest BCUT2D eigenvalue weighted by molar-refractivity contribution is 7.86. The van der Waals surface area contributed by atoms with E-state index in [4.69, 9.17) is 23.0 Å². The standard InChI is InChI=1S/C19H25N2O10PS/c1-3-27-16(22)12-29-32(25,31-14-7-5-4-6-8-14)28-11-15-17(23)13(2)18(30-15)21-9-10-33(26)20-19(21)24/h4-10,13,15,17-18,23H,3,11-12H2,1-2H3,(H,20,24)/t13-,15+,17-,18+,32?,33?/m0/s1. The molecule has 14 heteroatoms. The monoisotopic (exact) mass is 504 g/mol. The van der Waals surface area contributed by atoms with Crippen molar-refractivity contribution >= 4 is 30.8 Å². The smallest absolute Gasteiger partial charge is 0.464 e. The van der Waals surface area contributed by atoms with Gasteiger partial charge in [0.25, 0.3) is 0 Å². The largest absolute Gasteiger partial charge is 0.530 e. The number of aliphatic hydroxyl groups excluding tert-OH is 1. The second kappa shape index (κ2) is 11.2. The highest BCUT2D eigenvalue weighted by Crippen LogP contribution is 2.50. The van der Waals surface area contributed by atoms with Gasteiger partial charge in [0, 0.05) is 17.5 Å². The first kappa shape index (κ1) is 25.3. The Bertz CT molecular complexity index is 946. The van der Waals surface area contributed by atoms with E-state index in [0.29, 0.717) is 0 Å². The minimum absolute atomic E-state index is 0.111. The number of nitrogens with one attached hydrogen (secondary N) is 1. The van der Waals surface area contributed by atoms with Crippen LogP contribution in [0.2, 0.25) is 0 Å². The van der Waals surface area contributed by atoms with Crippen molar-refractivity contribution in [2.24, 2.45) is 5.92 Å². The van der Waals surface area contributed by atoms with E-state index >= 15 is 0 Å². The number of carbonyl (C=O) groups excluding carboxylic acids is 2. The van der Waals surface area contributed by atoms with Crippen LogP contribution in [0.4, 0.5) is 4.79 Å². The molecule has 0 bridgehead atoms. The lowest BCUT2D eigenvalue weighted by Crippen LogP contribution is -2.48. The number of rotatable bonds is 10. The van der Waals surface area contributed by atoms with Crippen LogP contribution in [-0.4, -0.2) is 64.5 Å². The van der Waals surface area contributed by atoms with Crippen LogP contribution in [0.5, 0.6) is 5.75 Å². The number of urea groups is 1. The van der Waals surface area contributed by atoms with Crippen LogP contribution < -0.4 is 9.25 Å². The number of phosphoric acid groups is 1. The summed E-state index contributed by atoms with van der Waals surface area (Å²) in [4.78, 5) is 24.9. The molecule has 2 N–H and O–H groups in total. The SMILES string of the molecule is CCOC(=O)COP(=O)(OC[C@H]1O[C@@H](N2C=CS(=O)NC2=O)[C@@H](C)[C@@H]1O)Oc1ccccc1. The van der Waals surface area contributed by atoms with Crippen LogP contribution >= 0.6 is 7.82 Å². The lowest BCUT2D eigenvalue weighted by molar-refractivity contribution is -0.146. The fourth-order valence-corrected chi connectivity index (χ4v) is 4.85. The maximum Gasteiger partial charge on any atom is 0.530 e. The van der Waals surface area contributed by atoms with Gasteiger partial charge in [-0.05, 0) is 19.1 Å². The molecule has 2 aliphatic rings. The number of nitrogens with zero attached hydrogens (tertiary/aromatic N) is 1. The summed E-state index contributed by atoms with van der Waals surface area (Å²) in [6.45, 7) is 2.26. The molecule has 1 aromatic rings. The van der Waals surface area contributed by atoms with Crippen LogP contribution in [-0.2, 0) is 38.9 Å². The Balaban J connectivity index is 1.68. The molecular weight excluding hydrogens is 479 g/mol. The van der Waals surface area contributed by atoms with Crippen molar-refractivity contribution in [3.63, 3.8) is 0 Å². The molecule has 2 aliphatic heterocycles. The van der Waals surface area contributed by atoms with E-state index in [1.165, 1.54) is 23.7 Å². The summed E-state index contributed by atoms with van der Waals surface area (Å²) in [5.74, 6) is -1.15. The van der Waals surface area contributed by atoms with E-state index in [2.05, 4.69) is 4.72 Å². The summed E-state index contributed by atoms with van der Waals surface area (Å²) in [6, 6.07) is 7.40. The summed E-state index contributed by atoms with van der Waals surface area (Å²) in [7, 11) is -5.96.